The van der Waals surface area contributed by atoms with Crippen LogP contribution in [0.15, 0.2) is 21.9 Å². The number of rotatable bonds is 8. The number of aliphatic hydroxyl groups is 8. The zero-order valence-corrected chi connectivity index (χ0v) is 19.7. The van der Waals surface area contributed by atoms with E-state index in [0.29, 0.717) is 29.6 Å². The Hall–Kier alpha value is -1.68. The highest BCUT2D eigenvalue weighted by atomic mass is 32.2. The lowest BCUT2D eigenvalue weighted by Crippen LogP contribution is -2.57. The van der Waals surface area contributed by atoms with Gasteiger partial charge in [-0.25, -0.2) is 0 Å². The molecule has 1 aromatic rings. The normalized spacial score (nSPS) is 37.0. The van der Waals surface area contributed by atoms with Gasteiger partial charge < -0.3 is 50.3 Å². The van der Waals surface area contributed by atoms with Crippen molar-refractivity contribution in [2.45, 2.75) is 69.5 Å². The van der Waals surface area contributed by atoms with Crippen LogP contribution in [0.5, 0.6) is 0 Å². The Morgan fingerprint density at radius 2 is 1.03 bits per heavy atom. The number of ether oxygens (including phenoxy) is 2. The lowest BCUT2D eigenvalue weighted by molar-refractivity contribution is -0.397. The third-order valence-corrected chi connectivity index (χ3v) is 8.02. The van der Waals surface area contributed by atoms with E-state index in [2.05, 4.69) is 0 Å². The van der Waals surface area contributed by atoms with E-state index in [0.717, 1.165) is 6.07 Å². The number of benzene rings is 1. The minimum atomic E-state index is -1.77. The van der Waals surface area contributed by atoms with Gasteiger partial charge in [-0.05, 0) is 6.07 Å². The van der Waals surface area contributed by atoms with Crippen molar-refractivity contribution in [2.75, 3.05) is 13.2 Å². The van der Waals surface area contributed by atoms with Gasteiger partial charge in [-0.3, -0.25) is 20.2 Å². The number of nitro groups is 2. The molecule has 0 spiro atoms. The van der Waals surface area contributed by atoms with E-state index in [4.69, 9.17) is 9.47 Å². The first-order valence-corrected chi connectivity index (χ1v) is 12.1. The molecule has 2 aliphatic heterocycles. The van der Waals surface area contributed by atoms with E-state index in [1.807, 2.05) is 0 Å². The van der Waals surface area contributed by atoms with Crippen molar-refractivity contribution in [3.05, 3.63) is 32.4 Å². The van der Waals surface area contributed by atoms with Gasteiger partial charge >= 0.3 is 0 Å². The van der Waals surface area contributed by atoms with E-state index in [-0.39, 0.29) is 9.79 Å². The molecule has 2 aliphatic rings. The average Bonchev–Trinajstić information content (AvgIpc) is 2.84. The maximum Gasteiger partial charge on any atom is 0.289 e. The summed E-state index contributed by atoms with van der Waals surface area (Å²) < 4.78 is 10.7. The van der Waals surface area contributed by atoms with Gasteiger partial charge in [-0.15, -0.1) is 0 Å². The van der Waals surface area contributed by atoms with Gasteiger partial charge in [0, 0.05) is 0 Å². The summed E-state index contributed by atoms with van der Waals surface area (Å²) in [6, 6.07) is 1.60. The molecule has 3 rings (SSSR count). The van der Waals surface area contributed by atoms with Crippen LogP contribution in [0.25, 0.3) is 0 Å². The van der Waals surface area contributed by atoms with Gasteiger partial charge in [-0.1, -0.05) is 23.5 Å². The van der Waals surface area contributed by atoms with Gasteiger partial charge in [0.25, 0.3) is 11.4 Å². The molecule has 18 heteroatoms. The Morgan fingerprint density at radius 1 is 0.667 bits per heavy atom. The maximum atomic E-state index is 11.6. The first-order valence-electron chi connectivity index (χ1n) is 10.3. The molecular weight excluding hydrogens is 532 g/mol. The molecule has 2 fully saturated rings. The number of nitrogens with zero attached hydrogens (tertiary/aromatic N) is 2. The maximum absolute atomic E-state index is 11.6. The fourth-order valence-corrected chi connectivity index (χ4v) is 6.05. The molecular formula is C18H24N2O14S2. The second-order valence-corrected chi connectivity index (χ2v) is 10.2. The van der Waals surface area contributed by atoms with Crippen LogP contribution < -0.4 is 0 Å². The fraction of sp³-hybridized carbons (Fsp3) is 0.667. The van der Waals surface area contributed by atoms with Crippen molar-refractivity contribution >= 4 is 34.9 Å². The van der Waals surface area contributed by atoms with Gasteiger partial charge in [0.15, 0.2) is 0 Å². The Balaban J connectivity index is 1.99. The van der Waals surface area contributed by atoms with E-state index < -0.39 is 94.1 Å². The Labute approximate surface area is 210 Å². The molecule has 0 radical (unpaired) electrons. The molecule has 2 saturated heterocycles. The molecule has 0 bridgehead atoms. The molecule has 0 aromatic heterocycles. The van der Waals surface area contributed by atoms with Crippen molar-refractivity contribution in [1.82, 2.24) is 0 Å². The summed E-state index contributed by atoms with van der Waals surface area (Å²) >= 11 is 0.982. The van der Waals surface area contributed by atoms with Crippen molar-refractivity contribution in [3.63, 3.8) is 0 Å². The molecule has 0 amide bonds. The van der Waals surface area contributed by atoms with Gasteiger partial charge in [0.1, 0.15) is 59.7 Å². The van der Waals surface area contributed by atoms with E-state index in [1.165, 1.54) is 0 Å². The fourth-order valence-electron chi connectivity index (χ4n) is 3.59. The third kappa shape index (κ3) is 5.74. The monoisotopic (exact) mass is 556 g/mol. The summed E-state index contributed by atoms with van der Waals surface area (Å²) in [7, 11) is 0. The zero-order chi connectivity index (χ0) is 26.9. The molecule has 0 unspecified atom stereocenters. The first-order chi connectivity index (χ1) is 16.9. The van der Waals surface area contributed by atoms with E-state index >= 15 is 0 Å². The molecule has 2 heterocycles. The van der Waals surface area contributed by atoms with E-state index in [9.17, 15) is 61.1 Å². The summed E-state index contributed by atoms with van der Waals surface area (Å²) in [6.45, 7) is -1.49. The lowest BCUT2D eigenvalue weighted by atomic mass is 10.0. The zero-order valence-electron chi connectivity index (χ0n) is 18.1. The molecule has 1 aromatic carbocycles. The van der Waals surface area contributed by atoms with Crippen molar-refractivity contribution < 1.29 is 60.2 Å². The SMILES string of the molecule is O=[N+]([O-])c1cc([N+](=O)[O-])c(S[C@@H]2O[C@H](CO)[C@H](O)[C@H](O)[C@H]2O)cc1S[C@@H]1O[C@H](CO)[C@H](O)[C@H](O)[C@H]1O. The average molecular weight is 557 g/mol. The number of thioether (sulfide) groups is 2. The number of nitro benzene ring substituents is 2. The highest BCUT2D eigenvalue weighted by Crippen LogP contribution is 2.45. The van der Waals surface area contributed by atoms with Crippen LogP contribution >= 0.6 is 23.5 Å². The lowest BCUT2D eigenvalue weighted by Gasteiger charge is -2.40. The highest BCUT2D eigenvalue weighted by molar-refractivity contribution is 8.00. The highest BCUT2D eigenvalue weighted by Gasteiger charge is 2.46. The molecule has 202 valence electrons. The topological polar surface area (TPSA) is 267 Å². The predicted molar refractivity (Wildman–Crippen MR) is 119 cm³/mol. The van der Waals surface area contributed by atoms with Crippen LogP contribution in [-0.4, -0.2) is 124 Å². The minimum absolute atomic E-state index is 0.276. The largest absolute Gasteiger partial charge is 0.394 e. The molecule has 0 aliphatic carbocycles. The van der Waals surface area contributed by atoms with Crippen molar-refractivity contribution in [1.29, 1.82) is 0 Å². The van der Waals surface area contributed by atoms with Crippen molar-refractivity contribution in [2.24, 2.45) is 0 Å². The predicted octanol–water partition coefficient (Wildman–Crippen LogP) is -2.71. The summed E-state index contributed by atoms with van der Waals surface area (Å²) in [6.07, 6.45) is -13.0. The number of aliphatic hydroxyl groups excluding tert-OH is 8. The minimum Gasteiger partial charge on any atom is -0.394 e. The van der Waals surface area contributed by atoms with E-state index in [1.54, 1.807) is 0 Å². The van der Waals surface area contributed by atoms with Crippen LogP contribution in [0.3, 0.4) is 0 Å². The number of hydrogen-bond donors (Lipinski definition) is 8. The van der Waals surface area contributed by atoms with Crippen molar-refractivity contribution in [3.8, 4) is 0 Å². The Morgan fingerprint density at radius 3 is 1.33 bits per heavy atom. The van der Waals surface area contributed by atoms with Crippen LogP contribution in [-0.2, 0) is 9.47 Å². The molecule has 10 atom stereocenters. The summed E-state index contributed by atoms with van der Waals surface area (Å²) in [5.41, 5.74) is -4.40. The molecule has 16 nitrogen and oxygen atoms in total. The van der Waals surface area contributed by atoms with Crippen LogP contribution in [0.2, 0.25) is 0 Å². The second-order valence-electron chi connectivity index (χ2n) is 7.93. The van der Waals surface area contributed by atoms with Crippen LogP contribution in [0.1, 0.15) is 0 Å². The first kappa shape index (κ1) is 28.9. The molecule has 8 N–H and O–H groups in total. The molecule has 0 saturated carbocycles. The van der Waals surface area contributed by atoms with Crippen LogP contribution in [0.4, 0.5) is 11.4 Å². The second kappa shape index (κ2) is 11.8. The van der Waals surface area contributed by atoms with Gasteiger partial charge in [0.05, 0.1) is 38.9 Å². The Bertz CT molecular complexity index is 897. The summed E-state index contributed by atoms with van der Waals surface area (Å²) in [4.78, 5) is 20.9. The van der Waals surface area contributed by atoms with Gasteiger partial charge in [-0.2, -0.15) is 0 Å². The number of hydrogen-bond acceptors (Lipinski definition) is 16. The smallest absolute Gasteiger partial charge is 0.289 e. The Kier molecular flexibility index (Phi) is 9.46. The van der Waals surface area contributed by atoms with Gasteiger partial charge in [0.2, 0.25) is 0 Å². The quantitative estimate of drug-likeness (QED) is 0.119. The van der Waals surface area contributed by atoms with Crippen LogP contribution in [0, 0.1) is 20.2 Å². The third-order valence-electron chi connectivity index (χ3n) is 5.62. The standard InChI is InChI=1S/C18H24N2O14S2/c21-3-7-11(23)13(25)15(27)17(33-7)35-9-2-10(6(20(31)32)1-5(9)19(29)30)36-18-16(28)14(26)12(24)8(4-22)34-18/h1-2,7-8,11-18,21-28H,3-4H2/t7-,8-,11+,12+,13+,14+,15-,16-,17+,18+/m1/s1. The molecule has 36 heavy (non-hydrogen) atoms. The summed E-state index contributed by atoms with van der Waals surface area (Å²) in [5, 5.41) is 102. The summed E-state index contributed by atoms with van der Waals surface area (Å²) in [5.74, 6) is 0.